The molecule has 1 aliphatic rings. The molecule has 8 heteroatoms. The molecule has 0 heterocycles. The summed E-state index contributed by atoms with van der Waals surface area (Å²) in [6.45, 7) is 4.05. The summed E-state index contributed by atoms with van der Waals surface area (Å²) in [5.74, 6) is 0. The Bertz CT molecular complexity index is 852. The summed E-state index contributed by atoms with van der Waals surface area (Å²) in [4.78, 5) is 0. The van der Waals surface area contributed by atoms with Crippen molar-refractivity contribution < 1.29 is 0 Å². The Hall–Kier alpha value is -1.60. The first-order valence-electron chi connectivity index (χ1n) is 9.97. The average Bonchev–Trinajstić information content (AvgIpc) is 2.69. The molecule has 1 saturated carbocycles. The summed E-state index contributed by atoms with van der Waals surface area (Å²) < 4.78 is 0. The summed E-state index contributed by atoms with van der Waals surface area (Å²) in [5, 5.41) is 15.8. The summed E-state index contributed by atoms with van der Waals surface area (Å²) >= 11 is 23.4. The summed E-state index contributed by atoms with van der Waals surface area (Å²) in [6.07, 6.45) is 4.04. The number of hydrogen-bond acceptors (Lipinski definition) is 2. The molecule has 4 N–H and O–H groups in total. The van der Waals surface area contributed by atoms with Crippen LogP contribution in [0.15, 0.2) is 36.4 Å². The lowest BCUT2D eigenvalue weighted by molar-refractivity contribution is 0.356. The third-order valence-corrected chi connectivity index (χ3v) is 6.24. The standard InChI is InChI=1S/C22H26Cl2N4S2/c1-13-3-9-17(23)19(11-13)27-21(29)25-15-5-7-16(8-6-15)26-22(30)28-20-12-14(2)4-10-18(20)24/h3-4,9-12,15-16H,5-8H2,1-2H3,(H2,25,27,29)(H2,26,28,30). The van der Waals surface area contributed by atoms with Gasteiger partial charge in [0, 0.05) is 12.1 Å². The maximum Gasteiger partial charge on any atom is 0.171 e. The van der Waals surface area contributed by atoms with Crippen molar-refractivity contribution in [3.8, 4) is 0 Å². The van der Waals surface area contributed by atoms with Crippen LogP contribution in [0.4, 0.5) is 11.4 Å². The van der Waals surface area contributed by atoms with Crippen LogP contribution in [0.2, 0.25) is 10.0 Å². The quantitative estimate of drug-likeness (QED) is 0.391. The van der Waals surface area contributed by atoms with Gasteiger partial charge in [0.1, 0.15) is 0 Å². The minimum atomic E-state index is 0.333. The van der Waals surface area contributed by atoms with Crippen LogP contribution in [0.1, 0.15) is 36.8 Å². The van der Waals surface area contributed by atoms with E-state index in [1.54, 1.807) is 0 Å². The third-order valence-electron chi connectivity index (χ3n) is 5.14. The highest BCUT2D eigenvalue weighted by atomic mass is 35.5. The van der Waals surface area contributed by atoms with E-state index >= 15 is 0 Å². The second-order valence-corrected chi connectivity index (χ2v) is 9.34. The molecule has 0 atom stereocenters. The molecule has 4 nitrogen and oxygen atoms in total. The van der Waals surface area contributed by atoms with E-state index in [1.807, 2.05) is 50.2 Å². The molecule has 2 aromatic carbocycles. The predicted octanol–water partition coefficient (Wildman–Crippen LogP) is 6.19. The van der Waals surface area contributed by atoms with Gasteiger partial charge >= 0.3 is 0 Å². The Kier molecular flexibility index (Phi) is 8.17. The van der Waals surface area contributed by atoms with E-state index < -0.39 is 0 Å². The van der Waals surface area contributed by atoms with E-state index in [1.165, 1.54) is 0 Å². The molecule has 0 unspecified atom stereocenters. The molecule has 0 bridgehead atoms. The Morgan fingerprint density at radius 1 is 0.733 bits per heavy atom. The van der Waals surface area contributed by atoms with Gasteiger partial charge in [-0.05, 0) is 99.4 Å². The molecule has 2 aromatic rings. The molecule has 0 aliphatic heterocycles. The fourth-order valence-electron chi connectivity index (χ4n) is 3.54. The van der Waals surface area contributed by atoms with Crippen LogP contribution in [0.3, 0.4) is 0 Å². The zero-order chi connectivity index (χ0) is 21.7. The Morgan fingerprint density at radius 2 is 1.10 bits per heavy atom. The van der Waals surface area contributed by atoms with Gasteiger partial charge < -0.3 is 21.3 Å². The molecular weight excluding hydrogens is 455 g/mol. The number of benzene rings is 2. The van der Waals surface area contributed by atoms with Crippen LogP contribution in [0.5, 0.6) is 0 Å². The van der Waals surface area contributed by atoms with Crippen molar-refractivity contribution in [3.63, 3.8) is 0 Å². The fourth-order valence-corrected chi connectivity index (χ4v) is 4.42. The van der Waals surface area contributed by atoms with Gasteiger partial charge in [0.05, 0.1) is 21.4 Å². The lowest BCUT2D eigenvalue weighted by Crippen LogP contribution is -2.45. The minimum absolute atomic E-state index is 0.333. The lowest BCUT2D eigenvalue weighted by atomic mass is 9.91. The summed E-state index contributed by atoms with van der Waals surface area (Å²) in [6, 6.07) is 12.4. The van der Waals surface area contributed by atoms with Gasteiger partial charge in [0.15, 0.2) is 10.2 Å². The maximum absolute atomic E-state index is 6.24. The highest BCUT2D eigenvalue weighted by molar-refractivity contribution is 7.80. The molecule has 160 valence electrons. The van der Waals surface area contributed by atoms with Crippen molar-refractivity contribution >= 4 is 69.2 Å². The average molecular weight is 482 g/mol. The number of halogens is 2. The number of nitrogens with one attached hydrogen (secondary N) is 4. The van der Waals surface area contributed by atoms with Gasteiger partial charge in [0.25, 0.3) is 0 Å². The first kappa shape index (κ1) is 23.1. The van der Waals surface area contributed by atoms with Gasteiger partial charge in [0.2, 0.25) is 0 Å². The maximum atomic E-state index is 6.24. The monoisotopic (exact) mass is 480 g/mol. The molecule has 0 aromatic heterocycles. The molecular formula is C22H26Cl2N4S2. The van der Waals surface area contributed by atoms with E-state index in [0.717, 1.165) is 48.2 Å². The Balaban J connectivity index is 1.43. The van der Waals surface area contributed by atoms with Crippen molar-refractivity contribution in [3.05, 3.63) is 57.6 Å². The van der Waals surface area contributed by atoms with Gasteiger partial charge in [-0.25, -0.2) is 0 Å². The van der Waals surface area contributed by atoms with Gasteiger partial charge in [-0.2, -0.15) is 0 Å². The lowest BCUT2D eigenvalue weighted by Gasteiger charge is -2.31. The Labute approximate surface area is 199 Å². The van der Waals surface area contributed by atoms with Crippen LogP contribution in [-0.4, -0.2) is 22.3 Å². The second-order valence-electron chi connectivity index (χ2n) is 7.71. The van der Waals surface area contributed by atoms with E-state index in [4.69, 9.17) is 47.6 Å². The number of rotatable bonds is 4. The third kappa shape index (κ3) is 6.71. The van der Waals surface area contributed by atoms with Crippen LogP contribution < -0.4 is 21.3 Å². The van der Waals surface area contributed by atoms with Crippen LogP contribution in [-0.2, 0) is 0 Å². The number of thiocarbonyl (C=S) groups is 2. The number of anilines is 2. The van der Waals surface area contributed by atoms with Crippen molar-refractivity contribution in [1.29, 1.82) is 0 Å². The summed E-state index contributed by atoms with van der Waals surface area (Å²) in [5.41, 5.74) is 3.92. The van der Waals surface area contributed by atoms with E-state index in [0.29, 0.717) is 32.4 Å². The summed E-state index contributed by atoms with van der Waals surface area (Å²) in [7, 11) is 0. The van der Waals surface area contributed by atoms with E-state index in [9.17, 15) is 0 Å². The predicted molar refractivity (Wildman–Crippen MR) is 137 cm³/mol. The molecule has 30 heavy (non-hydrogen) atoms. The van der Waals surface area contributed by atoms with Crippen molar-refractivity contribution in [2.75, 3.05) is 10.6 Å². The first-order valence-corrected chi connectivity index (χ1v) is 11.5. The van der Waals surface area contributed by atoms with Crippen LogP contribution in [0, 0.1) is 13.8 Å². The Morgan fingerprint density at radius 3 is 1.47 bits per heavy atom. The molecule has 0 amide bonds. The molecule has 0 saturated heterocycles. The molecule has 3 rings (SSSR count). The van der Waals surface area contributed by atoms with Crippen molar-refractivity contribution in [2.45, 2.75) is 51.6 Å². The second kappa shape index (κ2) is 10.6. The minimum Gasteiger partial charge on any atom is -0.360 e. The zero-order valence-electron chi connectivity index (χ0n) is 17.0. The SMILES string of the molecule is Cc1ccc(Cl)c(NC(=S)NC2CCC(NC(=S)Nc3cc(C)ccc3Cl)CC2)c1. The van der Waals surface area contributed by atoms with Crippen molar-refractivity contribution in [1.82, 2.24) is 10.6 Å². The van der Waals surface area contributed by atoms with E-state index in [-0.39, 0.29) is 0 Å². The smallest absolute Gasteiger partial charge is 0.171 e. The largest absolute Gasteiger partial charge is 0.360 e. The molecule has 0 radical (unpaired) electrons. The zero-order valence-corrected chi connectivity index (χ0v) is 20.2. The molecule has 1 aliphatic carbocycles. The molecule has 0 spiro atoms. The normalized spacial score (nSPS) is 18.4. The van der Waals surface area contributed by atoms with E-state index in [2.05, 4.69) is 21.3 Å². The first-order chi connectivity index (χ1) is 14.3. The highest BCUT2D eigenvalue weighted by Gasteiger charge is 2.22. The highest BCUT2D eigenvalue weighted by Crippen LogP contribution is 2.25. The van der Waals surface area contributed by atoms with Crippen molar-refractivity contribution in [2.24, 2.45) is 0 Å². The van der Waals surface area contributed by atoms with Gasteiger partial charge in [-0.3, -0.25) is 0 Å². The number of hydrogen-bond donors (Lipinski definition) is 4. The number of aryl methyl sites for hydroxylation is 2. The van der Waals surface area contributed by atoms with Gasteiger partial charge in [-0.1, -0.05) is 35.3 Å². The van der Waals surface area contributed by atoms with Crippen LogP contribution >= 0.6 is 47.6 Å². The van der Waals surface area contributed by atoms with Crippen LogP contribution in [0.25, 0.3) is 0 Å². The topological polar surface area (TPSA) is 48.1 Å². The van der Waals surface area contributed by atoms with Gasteiger partial charge in [-0.15, -0.1) is 0 Å². The molecule has 1 fully saturated rings. The fraction of sp³-hybridized carbons (Fsp3) is 0.364.